The largest absolute Gasteiger partial charge is 0.467 e. The number of benzene rings is 2. The molecule has 3 atom stereocenters. The van der Waals surface area contributed by atoms with Crippen molar-refractivity contribution in [3.63, 3.8) is 0 Å². The van der Waals surface area contributed by atoms with Crippen molar-refractivity contribution in [2.45, 2.75) is 44.3 Å². The van der Waals surface area contributed by atoms with Gasteiger partial charge in [-0.3, -0.25) is 14.4 Å². The maximum Gasteiger partial charge on any atom is 0.328 e. The summed E-state index contributed by atoms with van der Waals surface area (Å²) in [7, 11) is 1.24. The molecule has 3 rings (SSSR count). The molecular formula is C27H31N5O5. The molecule has 0 aliphatic heterocycles. The SMILES string of the molecule is COC(=O)[C@@H](Cc1cnc[nH]1)NC(=O)[C@@H](Cc1ccccc1)NC(=O)[C@@H](Cc1ccccc1)NC(C)=O. The van der Waals surface area contributed by atoms with Crippen molar-refractivity contribution < 1.29 is 23.9 Å². The van der Waals surface area contributed by atoms with Crippen LogP contribution in [0.2, 0.25) is 0 Å². The quantitative estimate of drug-likeness (QED) is 0.272. The van der Waals surface area contributed by atoms with Crippen LogP contribution in [0.25, 0.3) is 0 Å². The van der Waals surface area contributed by atoms with E-state index in [0.29, 0.717) is 5.69 Å². The highest BCUT2D eigenvalue weighted by molar-refractivity contribution is 5.93. The molecule has 194 valence electrons. The van der Waals surface area contributed by atoms with E-state index in [2.05, 4.69) is 25.9 Å². The minimum atomic E-state index is -1.02. The molecule has 4 N–H and O–H groups in total. The molecule has 10 heteroatoms. The lowest BCUT2D eigenvalue weighted by Gasteiger charge is -2.25. The molecular weight excluding hydrogens is 474 g/mol. The fourth-order valence-corrected chi connectivity index (χ4v) is 3.86. The number of methoxy groups -OCH3 is 1. The molecule has 0 fully saturated rings. The Kier molecular flexibility index (Phi) is 9.95. The summed E-state index contributed by atoms with van der Waals surface area (Å²) in [6.07, 6.45) is 3.57. The number of ether oxygens (including phenoxy) is 1. The van der Waals surface area contributed by atoms with Gasteiger partial charge in [-0.1, -0.05) is 60.7 Å². The van der Waals surface area contributed by atoms with Gasteiger partial charge in [-0.2, -0.15) is 0 Å². The van der Waals surface area contributed by atoms with Gasteiger partial charge in [0.15, 0.2) is 0 Å². The lowest BCUT2D eigenvalue weighted by atomic mass is 10.0. The molecule has 3 amide bonds. The fourth-order valence-electron chi connectivity index (χ4n) is 3.86. The predicted molar refractivity (Wildman–Crippen MR) is 136 cm³/mol. The van der Waals surface area contributed by atoms with Gasteiger partial charge in [-0.15, -0.1) is 0 Å². The number of amides is 3. The van der Waals surface area contributed by atoms with Gasteiger partial charge >= 0.3 is 5.97 Å². The Bertz CT molecular complexity index is 1170. The van der Waals surface area contributed by atoms with E-state index in [1.165, 1.54) is 20.4 Å². The van der Waals surface area contributed by atoms with E-state index in [1.54, 1.807) is 6.20 Å². The molecule has 0 bridgehead atoms. The normalized spacial score (nSPS) is 13.0. The van der Waals surface area contributed by atoms with Crippen molar-refractivity contribution in [3.05, 3.63) is 90.0 Å². The van der Waals surface area contributed by atoms with Crippen LogP contribution in [0.3, 0.4) is 0 Å². The first kappa shape index (κ1) is 27.1. The van der Waals surface area contributed by atoms with Crippen LogP contribution >= 0.6 is 0 Å². The summed E-state index contributed by atoms with van der Waals surface area (Å²) in [5, 5.41) is 8.14. The second-order valence-corrected chi connectivity index (χ2v) is 8.56. The summed E-state index contributed by atoms with van der Waals surface area (Å²) in [4.78, 5) is 57.8. The van der Waals surface area contributed by atoms with Gasteiger partial charge < -0.3 is 25.7 Å². The molecule has 0 saturated heterocycles. The highest BCUT2D eigenvalue weighted by Gasteiger charge is 2.30. The van der Waals surface area contributed by atoms with E-state index in [0.717, 1.165) is 11.1 Å². The summed E-state index contributed by atoms with van der Waals surface area (Å²) in [6, 6.07) is 15.5. The number of nitrogens with one attached hydrogen (secondary N) is 4. The van der Waals surface area contributed by atoms with Crippen LogP contribution in [0.4, 0.5) is 0 Å². The highest BCUT2D eigenvalue weighted by Crippen LogP contribution is 2.08. The highest BCUT2D eigenvalue weighted by atomic mass is 16.5. The van der Waals surface area contributed by atoms with E-state index in [4.69, 9.17) is 4.74 Å². The number of H-pyrrole nitrogens is 1. The average Bonchev–Trinajstić information content (AvgIpc) is 3.41. The molecule has 3 aromatic rings. The van der Waals surface area contributed by atoms with Crippen molar-refractivity contribution >= 4 is 23.7 Å². The van der Waals surface area contributed by atoms with Gasteiger partial charge in [0.2, 0.25) is 17.7 Å². The van der Waals surface area contributed by atoms with Crippen molar-refractivity contribution in [2.75, 3.05) is 7.11 Å². The average molecular weight is 506 g/mol. The molecule has 0 saturated carbocycles. The topological polar surface area (TPSA) is 142 Å². The number of hydrogen-bond donors (Lipinski definition) is 4. The van der Waals surface area contributed by atoms with Gasteiger partial charge in [0.05, 0.1) is 13.4 Å². The molecule has 0 radical (unpaired) electrons. The second-order valence-electron chi connectivity index (χ2n) is 8.56. The van der Waals surface area contributed by atoms with Gasteiger partial charge in [0.1, 0.15) is 18.1 Å². The molecule has 37 heavy (non-hydrogen) atoms. The standard InChI is InChI=1S/C27H31N5O5/c1-18(33)30-22(13-19-9-5-3-6-10-19)25(34)31-23(14-20-11-7-4-8-12-20)26(35)32-24(27(36)37-2)15-21-16-28-17-29-21/h3-12,16-17,22-24H,13-15H2,1-2H3,(H,28,29)(H,30,33)(H,31,34)(H,32,35)/t22-,23-,24-/m1/s1. The Morgan fingerprint density at radius 2 is 1.30 bits per heavy atom. The van der Waals surface area contributed by atoms with Gasteiger partial charge in [0.25, 0.3) is 0 Å². The van der Waals surface area contributed by atoms with Crippen LogP contribution < -0.4 is 16.0 Å². The minimum Gasteiger partial charge on any atom is -0.467 e. The number of rotatable bonds is 12. The fraction of sp³-hybridized carbons (Fsp3) is 0.296. The molecule has 1 heterocycles. The summed E-state index contributed by atoms with van der Waals surface area (Å²) in [5.41, 5.74) is 2.30. The van der Waals surface area contributed by atoms with Crippen LogP contribution in [0.5, 0.6) is 0 Å². The summed E-state index contributed by atoms with van der Waals surface area (Å²) >= 11 is 0. The number of imidazole rings is 1. The summed E-state index contributed by atoms with van der Waals surface area (Å²) in [6.45, 7) is 1.33. The Morgan fingerprint density at radius 1 is 0.784 bits per heavy atom. The molecule has 2 aromatic carbocycles. The van der Waals surface area contributed by atoms with Crippen LogP contribution in [-0.2, 0) is 43.2 Å². The zero-order valence-corrected chi connectivity index (χ0v) is 20.8. The van der Waals surface area contributed by atoms with Crippen molar-refractivity contribution in [1.29, 1.82) is 0 Å². The Hall–Kier alpha value is -4.47. The lowest BCUT2D eigenvalue weighted by Crippen LogP contribution is -2.57. The number of carbonyl (C=O) groups excluding carboxylic acids is 4. The summed E-state index contributed by atoms with van der Waals surface area (Å²) < 4.78 is 4.87. The monoisotopic (exact) mass is 505 g/mol. The number of esters is 1. The first-order valence-corrected chi connectivity index (χ1v) is 11.9. The van der Waals surface area contributed by atoms with Gasteiger partial charge in [0, 0.05) is 38.1 Å². The third kappa shape index (κ3) is 8.60. The third-order valence-electron chi connectivity index (χ3n) is 5.67. The van der Waals surface area contributed by atoms with E-state index in [1.807, 2.05) is 60.7 Å². The zero-order chi connectivity index (χ0) is 26.6. The number of carbonyl (C=O) groups is 4. The number of aromatic amines is 1. The number of aromatic nitrogens is 2. The molecule has 0 spiro atoms. The van der Waals surface area contributed by atoms with Crippen molar-refractivity contribution in [2.24, 2.45) is 0 Å². The first-order chi connectivity index (χ1) is 17.9. The molecule has 10 nitrogen and oxygen atoms in total. The van der Waals surface area contributed by atoms with E-state index in [9.17, 15) is 19.2 Å². The van der Waals surface area contributed by atoms with Crippen LogP contribution in [0, 0.1) is 0 Å². The second kappa shape index (κ2) is 13.6. The Balaban J connectivity index is 1.80. The maximum absolute atomic E-state index is 13.4. The lowest BCUT2D eigenvalue weighted by molar-refractivity contribution is -0.145. The van der Waals surface area contributed by atoms with Gasteiger partial charge in [-0.05, 0) is 11.1 Å². The van der Waals surface area contributed by atoms with Crippen LogP contribution in [-0.4, -0.2) is 58.9 Å². The van der Waals surface area contributed by atoms with E-state index >= 15 is 0 Å². The zero-order valence-electron chi connectivity index (χ0n) is 20.8. The Labute approximate surface area is 215 Å². The Morgan fingerprint density at radius 3 is 1.76 bits per heavy atom. The molecule has 1 aromatic heterocycles. The predicted octanol–water partition coefficient (Wildman–Crippen LogP) is 1.08. The minimum absolute atomic E-state index is 0.132. The van der Waals surface area contributed by atoms with Crippen LogP contribution in [0.1, 0.15) is 23.7 Å². The van der Waals surface area contributed by atoms with Crippen LogP contribution in [0.15, 0.2) is 73.2 Å². The smallest absolute Gasteiger partial charge is 0.328 e. The van der Waals surface area contributed by atoms with Crippen molar-refractivity contribution in [3.8, 4) is 0 Å². The molecule has 0 aliphatic carbocycles. The maximum atomic E-state index is 13.4. The molecule has 0 aliphatic rings. The third-order valence-corrected chi connectivity index (χ3v) is 5.67. The van der Waals surface area contributed by atoms with E-state index < -0.39 is 35.9 Å². The number of hydrogen-bond acceptors (Lipinski definition) is 6. The molecule has 0 unspecified atom stereocenters. The summed E-state index contributed by atoms with van der Waals surface area (Å²) in [5.74, 6) is -2.08. The van der Waals surface area contributed by atoms with E-state index in [-0.39, 0.29) is 25.2 Å². The van der Waals surface area contributed by atoms with Crippen molar-refractivity contribution in [1.82, 2.24) is 25.9 Å². The first-order valence-electron chi connectivity index (χ1n) is 11.9. The van der Waals surface area contributed by atoms with Gasteiger partial charge in [-0.25, -0.2) is 9.78 Å². The number of nitrogens with zero attached hydrogens (tertiary/aromatic N) is 1.